The highest BCUT2D eigenvalue weighted by atomic mass is 16.2. The van der Waals surface area contributed by atoms with Crippen LogP contribution in [-0.2, 0) is 4.79 Å². The molecular weight excluding hydrogens is 266 g/mol. The summed E-state index contributed by atoms with van der Waals surface area (Å²) in [6, 6.07) is 4.67. The molecule has 1 atom stereocenters. The van der Waals surface area contributed by atoms with Crippen LogP contribution >= 0.6 is 0 Å². The van der Waals surface area contributed by atoms with Gasteiger partial charge in [-0.1, -0.05) is 17.9 Å². The van der Waals surface area contributed by atoms with E-state index in [2.05, 4.69) is 17.2 Å². The van der Waals surface area contributed by atoms with Gasteiger partial charge in [0.1, 0.15) is 6.04 Å². The van der Waals surface area contributed by atoms with Crippen molar-refractivity contribution >= 4 is 11.8 Å². The summed E-state index contributed by atoms with van der Waals surface area (Å²) in [5.74, 6) is 5.25. The lowest BCUT2D eigenvalue weighted by Gasteiger charge is -2.18. The number of likely N-dealkylation sites (N-methyl/N-ethyl adjacent to an activating group) is 1. The Bertz CT molecular complexity index is 597. The first kappa shape index (κ1) is 16.7. The van der Waals surface area contributed by atoms with Gasteiger partial charge in [0.15, 0.2) is 0 Å². The largest absolute Gasteiger partial charge is 0.347 e. The zero-order valence-corrected chi connectivity index (χ0v) is 12.9. The molecule has 0 bridgehead atoms. The van der Waals surface area contributed by atoms with Crippen molar-refractivity contribution in [3.8, 4) is 11.8 Å². The molecule has 3 N–H and O–H groups in total. The van der Waals surface area contributed by atoms with E-state index in [0.29, 0.717) is 5.56 Å². The minimum absolute atomic E-state index is 0.154. The summed E-state index contributed by atoms with van der Waals surface area (Å²) < 4.78 is 0. The van der Waals surface area contributed by atoms with Crippen LogP contribution in [0.2, 0.25) is 0 Å². The molecule has 0 aliphatic heterocycles. The van der Waals surface area contributed by atoms with E-state index in [1.165, 1.54) is 4.90 Å². The molecule has 0 saturated carbocycles. The highest BCUT2D eigenvalue weighted by Crippen LogP contribution is 2.10. The molecule has 0 aliphatic carbocycles. The van der Waals surface area contributed by atoms with Crippen molar-refractivity contribution < 1.29 is 9.59 Å². The number of rotatable bonds is 3. The lowest BCUT2D eigenvalue weighted by molar-refractivity contribution is -0.130. The van der Waals surface area contributed by atoms with Crippen LogP contribution in [0.15, 0.2) is 18.2 Å². The first-order valence-electron chi connectivity index (χ1n) is 6.68. The second-order valence-corrected chi connectivity index (χ2v) is 4.96. The van der Waals surface area contributed by atoms with Crippen LogP contribution in [0.4, 0.5) is 0 Å². The van der Waals surface area contributed by atoms with E-state index in [4.69, 9.17) is 5.73 Å². The molecule has 0 saturated heterocycles. The Balaban J connectivity index is 2.91. The third kappa shape index (κ3) is 4.62. The summed E-state index contributed by atoms with van der Waals surface area (Å²) >= 11 is 0. The first-order chi connectivity index (χ1) is 9.86. The van der Waals surface area contributed by atoms with E-state index in [9.17, 15) is 9.59 Å². The fourth-order valence-corrected chi connectivity index (χ4v) is 1.77. The molecule has 2 amide bonds. The number of aryl methyl sites for hydroxylation is 1. The number of nitrogens with two attached hydrogens (primary N) is 1. The second kappa shape index (κ2) is 7.46. The summed E-state index contributed by atoms with van der Waals surface area (Å²) in [5.41, 5.74) is 7.57. The summed E-state index contributed by atoms with van der Waals surface area (Å²) in [4.78, 5) is 25.4. The number of hydrogen-bond donors (Lipinski definition) is 2. The number of nitrogens with one attached hydrogen (secondary N) is 1. The molecule has 5 nitrogen and oxygen atoms in total. The number of nitrogens with zero attached hydrogens (tertiary/aromatic N) is 1. The van der Waals surface area contributed by atoms with Crippen LogP contribution in [0.3, 0.4) is 0 Å². The zero-order valence-electron chi connectivity index (χ0n) is 12.9. The van der Waals surface area contributed by atoms with Gasteiger partial charge < -0.3 is 16.0 Å². The SMILES string of the molecule is Cc1ccc(C(=O)NC(C)C(=O)N(C)C)cc1C#CCN. The fourth-order valence-electron chi connectivity index (χ4n) is 1.77. The molecule has 0 heterocycles. The first-order valence-corrected chi connectivity index (χ1v) is 6.68. The maximum atomic E-state index is 12.2. The molecule has 0 radical (unpaired) electrons. The van der Waals surface area contributed by atoms with Gasteiger partial charge in [-0.2, -0.15) is 0 Å². The van der Waals surface area contributed by atoms with Crippen molar-refractivity contribution in [2.45, 2.75) is 19.9 Å². The van der Waals surface area contributed by atoms with Crippen LogP contribution in [0, 0.1) is 18.8 Å². The van der Waals surface area contributed by atoms with Crippen molar-refractivity contribution in [3.63, 3.8) is 0 Å². The lowest BCUT2D eigenvalue weighted by atomic mass is 10.0. The molecule has 21 heavy (non-hydrogen) atoms. The third-order valence-corrected chi connectivity index (χ3v) is 2.98. The van der Waals surface area contributed by atoms with Gasteiger partial charge in [-0.25, -0.2) is 0 Å². The van der Waals surface area contributed by atoms with Crippen LogP contribution in [0.25, 0.3) is 0 Å². The van der Waals surface area contributed by atoms with E-state index in [1.807, 2.05) is 13.0 Å². The molecule has 0 aliphatic rings. The highest BCUT2D eigenvalue weighted by molar-refractivity contribution is 5.97. The Morgan fingerprint density at radius 3 is 2.62 bits per heavy atom. The third-order valence-electron chi connectivity index (χ3n) is 2.98. The normalized spacial score (nSPS) is 11.1. The maximum absolute atomic E-state index is 12.2. The predicted octanol–water partition coefficient (Wildman–Crippen LogP) is 0.512. The monoisotopic (exact) mass is 287 g/mol. The number of carbonyl (C=O) groups is 2. The zero-order chi connectivity index (χ0) is 16.0. The van der Waals surface area contributed by atoms with Gasteiger partial charge in [-0.05, 0) is 31.5 Å². The van der Waals surface area contributed by atoms with Crippen molar-refractivity contribution in [1.29, 1.82) is 0 Å². The van der Waals surface area contributed by atoms with Crippen molar-refractivity contribution in [3.05, 3.63) is 34.9 Å². The molecule has 112 valence electrons. The van der Waals surface area contributed by atoms with Crippen molar-refractivity contribution in [2.24, 2.45) is 5.73 Å². The van der Waals surface area contributed by atoms with Gasteiger partial charge in [-0.3, -0.25) is 9.59 Å². The Kier molecular flexibility index (Phi) is 5.94. The molecule has 1 aromatic carbocycles. The number of carbonyl (C=O) groups excluding carboxylic acids is 2. The predicted molar refractivity (Wildman–Crippen MR) is 82.7 cm³/mol. The van der Waals surface area contributed by atoms with Crippen LogP contribution in [-0.4, -0.2) is 43.4 Å². The second-order valence-electron chi connectivity index (χ2n) is 4.96. The smallest absolute Gasteiger partial charge is 0.251 e. The molecule has 5 heteroatoms. The molecule has 1 unspecified atom stereocenters. The van der Waals surface area contributed by atoms with E-state index < -0.39 is 6.04 Å². The Hall–Kier alpha value is -2.32. The van der Waals surface area contributed by atoms with E-state index in [-0.39, 0.29) is 18.4 Å². The number of hydrogen-bond acceptors (Lipinski definition) is 3. The molecule has 0 spiro atoms. The van der Waals surface area contributed by atoms with Crippen molar-refractivity contribution in [2.75, 3.05) is 20.6 Å². The topological polar surface area (TPSA) is 75.4 Å². The molecule has 1 rings (SSSR count). The maximum Gasteiger partial charge on any atom is 0.251 e. The average molecular weight is 287 g/mol. The van der Waals surface area contributed by atoms with Gasteiger partial charge in [0.2, 0.25) is 5.91 Å². The summed E-state index contributed by atoms with van der Waals surface area (Å²) in [6.45, 7) is 3.84. The highest BCUT2D eigenvalue weighted by Gasteiger charge is 2.18. The minimum atomic E-state index is -0.577. The van der Waals surface area contributed by atoms with E-state index in [0.717, 1.165) is 11.1 Å². The summed E-state index contributed by atoms with van der Waals surface area (Å²) in [5, 5.41) is 2.68. The molecule has 0 aromatic heterocycles. The van der Waals surface area contributed by atoms with E-state index in [1.54, 1.807) is 33.2 Å². The Morgan fingerprint density at radius 1 is 1.38 bits per heavy atom. The fraction of sp³-hybridized carbons (Fsp3) is 0.375. The Labute approximate surface area is 125 Å². The number of amides is 2. The standard InChI is InChI=1S/C16H21N3O2/c1-11-7-8-14(10-13(11)6-5-9-17)15(20)18-12(2)16(21)19(3)4/h7-8,10,12H,9,17H2,1-4H3,(H,18,20). The molecule has 0 fully saturated rings. The van der Waals surface area contributed by atoms with Gasteiger partial charge in [0.05, 0.1) is 6.54 Å². The lowest BCUT2D eigenvalue weighted by Crippen LogP contribution is -2.44. The van der Waals surface area contributed by atoms with Crippen LogP contribution in [0.1, 0.15) is 28.4 Å². The quantitative estimate of drug-likeness (QED) is 0.796. The average Bonchev–Trinajstić information content (AvgIpc) is 2.45. The van der Waals surface area contributed by atoms with Crippen molar-refractivity contribution in [1.82, 2.24) is 10.2 Å². The molecular formula is C16H21N3O2. The van der Waals surface area contributed by atoms with E-state index >= 15 is 0 Å². The summed E-state index contributed by atoms with van der Waals surface area (Å²) in [6.07, 6.45) is 0. The van der Waals surface area contributed by atoms with Gasteiger partial charge >= 0.3 is 0 Å². The van der Waals surface area contributed by atoms with Crippen LogP contribution < -0.4 is 11.1 Å². The van der Waals surface area contributed by atoms with Gasteiger partial charge in [0.25, 0.3) is 5.91 Å². The van der Waals surface area contributed by atoms with Crippen LogP contribution in [0.5, 0.6) is 0 Å². The summed E-state index contributed by atoms with van der Waals surface area (Å²) in [7, 11) is 3.30. The minimum Gasteiger partial charge on any atom is -0.347 e. The van der Waals surface area contributed by atoms with Gasteiger partial charge in [-0.15, -0.1) is 0 Å². The molecule has 1 aromatic rings. The number of benzene rings is 1. The Morgan fingerprint density at radius 2 is 2.05 bits per heavy atom. The van der Waals surface area contributed by atoms with Gasteiger partial charge in [0, 0.05) is 25.2 Å².